The molecule has 0 bridgehead atoms. The molecule has 3 rings (SSSR count). The molecule has 0 saturated heterocycles. The average Bonchev–Trinajstić information content (AvgIpc) is 2.86. The van der Waals surface area contributed by atoms with Crippen LogP contribution in [-0.2, 0) is 13.0 Å². The average molecular weight is 295 g/mol. The minimum absolute atomic E-state index is 0.114. The van der Waals surface area contributed by atoms with E-state index < -0.39 is 0 Å². The number of hydrogen-bond acceptors (Lipinski definition) is 3. The SMILES string of the molecule is NCCc1cn(Cc2ccccc2)c2ccc([N+](=O)[O-])cc12. The zero-order valence-electron chi connectivity index (χ0n) is 12.1. The van der Waals surface area contributed by atoms with Crippen LogP contribution in [0.15, 0.2) is 54.7 Å². The van der Waals surface area contributed by atoms with Gasteiger partial charge in [-0.05, 0) is 30.2 Å². The Kier molecular flexibility index (Phi) is 3.89. The molecule has 0 amide bonds. The standard InChI is InChI=1S/C17H17N3O2/c18-9-8-14-12-19(11-13-4-2-1-3-5-13)17-7-6-15(20(21)22)10-16(14)17/h1-7,10,12H,8-9,11,18H2. The minimum Gasteiger partial charge on any atom is -0.343 e. The fourth-order valence-corrected chi connectivity index (χ4v) is 2.74. The van der Waals surface area contributed by atoms with E-state index >= 15 is 0 Å². The Labute approximate surface area is 128 Å². The maximum absolute atomic E-state index is 11.0. The number of non-ortho nitro benzene ring substituents is 1. The zero-order valence-corrected chi connectivity index (χ0v) is 12.1. The maximum atomic E-state index is 11.0. The molecule has 0 unspecified atom stereocenters. The van der Waals surface area contributed by atoms with Crippen molar-refractivity contribution in [2.24, 2.45) is 5.73 Å². The van der Waals surface area contributed by atoms with Crippen molar-refractivity contribution >= 4 is 16.6 Å². The van der Waals surface area contributed by atoms with E-state index in [1.165, 1.54) is 5.56 Å². The predicted molar refractivity (Wildman–Crippen MR) is 86.9 cm³/mol. The monoisotopic (exact) mass is 295 g/mol. The van der Waals surface area contributed by atoms with Gasteiger partial charge >= 0.3 is 0 Å². The van der Waals surface area contributed by atoms with Gasteiger partial charge in [0, 0.05) is 35.8 Å². The number of aromatic nitrogens is 1. The zero-order chi connectivity index (χ0) is 15.5. The molecule has 112 valence electrons. The van der Waals surface area contributed by atoms with Crippen molar-refractivity contribution in [2.75, 3.05) is 6.54 Å². The summed E-state index contributed by atoms with van der Waals surface area (Å²) in [6.07, 6.45) is 2.76. The van der Waals surface area contributed by atoms with Gasteiger partial charge in [0.2, 0.25) is 0 Å². The van der Waals surface area contributed by atoms with Gasteiger partial charge in [0.1, 0.15) is 0 Å². The first kappa shape index (κ1) is 14.3. The molecule has 0 fully saturated rings. The molecular weight excluding hydrogens is 278 g/mol. The fraction of sp³-hybridized carbons (Fsp3) is 0.176. The summed E-state index contributed by atoms with van der Waals surface area (Å²) in [7, 11) is 0. The molecule has 0 radical (unpaired) electrons. The molecule has 0 aliphatic heterocycles. The lowest BCUT2D eigenvalue weighted by molar-refractivity contribution is -0.384. The van der Waals surface area contributed by atoms with Crippen molar-refractivity contribution in [3.63, 3.8) is 0 Å². The summed E-state index contributed by atoms with van der Waals surface area (Å²) >= 11 is 0. The van der Waals surface area contributed by atoms with E-state index in [1.54, 1.807) is 12.1 Å². The van der Waals surface area contributed by atoms with Gasteiger partial charge in [-0.25, -0.2) is 0 Å². The first-order valence-electron chi connectivity index (χ1n) is 7.19. The van der Waals surface area contributed by atoms with Crippen LogP contribution in [0.1, 0.15) is 11.1 Å². The van der Waals surface area contributed by atoms with Gasteiger partial charge in [0.05, 0.1) is 4.92 Å². The highest BCUT2D eigenvalue weighted by Gasteiger charge is 2.13. The maximum Gasteiger partial charge on any atom is 0.270 e. The van der Waals surface area contributed by atoms with Crippen LogP contribution in [0.25, 0.3) is 10.9 Å². The summed E-state index contributed by atoms with van der Waals surface area (Å²) < 4.78 is 2.12. The Hall–Kier alpha value is -2.66. The molecular formula is C17H17N3O2. The quantitative estimate of drug-likeness (QED) is 0.580. The number of hydrogen-bond donors (Lipinski definition) is 1. The van der Waals surface area contributed by atoms with E-state index in [4.69, 9.17) is 5.73 Å². The first-order valence-corrected chi connectivity index (χ1v) is 7.19. The van der Waals surface area contributed by atoms with Crippen LogP contribution >= 0.6 is 0 Å². The highest BCUT2D eigenvalue weighted by Crippen LogP contribution is 2.27. The Morgan fingerprint density at radius 1 is 1.14 bits per heavy atom. The van der Waals surface area contributed by atoms with Crippen molar-refractivity contribution in [2.45, 2.75) is 13.0 Å². The van der Waals surface area contributed by atoms with E-state index in [0.29, 0.717) is 13.0 Å². The topological polar surface area (TPSA) is 74.1 Å². The molecule has 3 aromatic rings. The Morgan fingerprint density at radius 2 is 1.91 bits per heavy atom. The number of fused-ring (bicyclic) bond motifs is 1. The number of nitrogens with two attached hydrogens (primary N) is 1. The van der Waals surface area contributed by atoms with Crippen molar-refractivity contribution in [1.29, 1.82) is 0 Å². The van der Waals surface area contributed by atoms with E-state index in [9.17, 15) is 10.1 Å². The third-order valence-electron chi connectivity index (χ3n) is 3.77. The van der Waals surface area contributed by atoms with E-state index in [-0.39, 0.29) is 10.6 Å². The third kappa shape index (κ3) is 2.71. The lowest BCUT2D eigenvalue weighted by atomic mass is 10.1. The predicted octanol–water partition coefficient (Wildman–Crippen LogP) is 3.10. The Morgan fingerprint density at radius 3 is 2.59 bits per heavy atom. The molecule has 1 heterocycles. The van der Waals surface area contributed by atoms with E-state index in [1.807, 2.05) is 30.5 Å². The van der Waals surface area contributed by atoms with Crippen molar-refractivity contribution in [3.05, 3.63) is 76.0 Å². The third-order valence-corrected chi connectivity index (χ3v) is 3.77. The number of nitrogens with zero attached hydrogens (tertiary/aromatic N) is 2. The molecule has 0 aliphatic rings. The second kappa shape index (κ2) is 5.99. The van der Waals surface area contributed by atoms with Crippen molar-refractivity contribution < 1.29 is 4.92 Å². The minimum atomic E-state index is -0.361. The van der Waals surface area contributed by atoms with Gasteiger partial charge in [-0.2, -0.15) is 0 Å². The molecule has 0 aliphatic carbocycles. The molecule has 22 heavy (non-hydrogen) atoms. The number of rotatable bonds is 5. The molecule has 1 aromatic heterocycles. The second-order valence-corrected chi connectivity index (χ2v) is 5.27. The molecule has 2 N–H and O–H groups in total. The molecule has 5 heteroatoms. The lowest BCUT2D eigenvalue weighted by Crippen LogP contribution is -2.02. The first-order chi connectivity index (χ1) is 10.7. The molecule has 0 atom stereocenters. The second-order valence-electron chi connectivity index (χ2n) is 5.27. The normalized spacial score (nSPS) is 11.0. The smallest absolute Gasteiger partial charge is 0.270 e. The summed E-state index contributed by atoms with van der Waals surface area (Å²) in [4.78, 5) is 10.6. The summed E-state index contributed by atoms with van der Waals surface area (Å²) in [6, 6.07) is 15.1. The summed E-state index contributed by atoms with van der Waals surface area (Å²) in [6.45, 7) is 1.26. The van der Waals surface area contributed by atoms with Crippen LogP contribution in [0.4, 0.5) is 5.69 Å². The summed E-state index contributed by atoms with van der Waals surface area (Å²) in [5.41, 5.74) is 9.02. The van der Waals surface area contributed by atoms with Gasteiger partial charge < -0.3 is 10.3 Å². The van der Waals surface area contributed by atoms with Gasteiger partial charge in [0.15, 0.2) is 0 Å². The van der Waals surface area contributed by atoms with Crippen LogP contribution in [0.5, 0.6) is 0 Å². The van der Waals surface area contributed by atoms with Crippen molar-refractivity contribution in [1.82, 2.24) is 4.57 Å². The number of nitro groups is 1. The Bertz CT molecular complexity index is 809. The number of benzene rings is 2. The van der Waals surface area contributed by atoms with Crippen LogP contribution in [0, 0.1) is 10.1 Å². The van der Waals surface area contributed by atoms with Gasteiger partial charge in [-0.15, -0.1) is 0 Å². The van der Waals surface area contributed by atoms with Gasteiger partial charge in [-0.1, -0.05) is 30.3 Å². The van der Waals surface area contributed by atoms with Crippen molar-refractivity contribution in [3.8, 4) is 0 Å². The van der Waals surface area contributed by atoms with Crippen LogP contribution in [-0.4, -0.2) is 16.0 Å². The Balaban J connectivity index is 2.08. The highest BCUT2D eigenvalue weighted by molar-refractivity contribution is 5.86. The van der Waals surface area contributed by atoms with E-state index in [0.717, 1.165) is 23.0 Å². The molecule has 2 aromatic carbocycles. The number of nitro benzene ring substituents is 1. The summed E-state index contributed by atoms with van der Waals surface area (Å²) in [5, 5.41) is 11.9. The fourth-order valence-electron chi connectivity index (χ4n) is 2.74. The van der Waals surface area contributed by atoms with Gasteiger partial charge in [-0.3, -0.25) is 10.1 Å². The highest BCUT2D eigenvalue weighted by atomic mass is 16.6. The van der Waals surface area contributed by atoms with E-state index in [2.05, 4.69) is 16.7 Å². The molecule has 0 saturated carbocycles. The molecule has 5 nitrogen and oxygen atoms in total. The largest absolute Gasteiger partial charge is 0.343 e. The summed E-state index contributed by atoms with van der Waals surface area (Å²) in [5.74, 6) is 0. The molecule has 0 spiro atoms. The lowest BCUT2D eigenvalue weighted by Gasteiger charge is -2.05. The van der Waals surface area contributed by atoms with Crippen LogP contribution in [0.2, 0.25) is 0 Å². The van der Waals surface area contributed by atoms with Gasteiger partial charge in [0.25, 0.3) is 5.69 Å². The van der Waals surface area contributed by atoms with Crippen LogP contribution < -0.4 is 5.73 Å². The van der Waals surface area contributed by atoms with Crippen LogP contribution in [0.3, 0.4) is 0 Å².